The molecule has 0 amide bonds. The zero-order valence-corrected chi connectivity index (χ0v) is 15.2. The molecule has 1 atom stereocenters. The van der Waals surface area contributed by atoms with Crippen LogP contribution in [0.1, 0.15) is 18.7 Å². The van der Waals surface area contributed by atoms with Crippen LogP contribution in [0.15, 0.2) is 16.3 Å². The number of hydrogen-bond acceptors (Lipinski definition) is 5. The molecule has 1 aromatic heterocycles. The van der Waals surface area contributed by atoms with Gasteiger partial charge in [0.2, 0.25) is 0 Å². The monoisotopic (exact) mass is 333 g/mol. The number of thiophene rings is 1. The summed E-state index contributed by atoms with van der Waals surface area (Å²) in [4.78, 5) is 3.11. The van der Waals surface area contributed by atoms with Gasteiger partial charge < -0.3 is 10.2 Å². The molecule has 0 aliphatic heterocycles. The molecule has 0 bridgehead atoms. The molecule has 1 rings (SSSR count). The minimum atomic E-state index is -3.40. The van der Waals surface area contributed by atoms with Crippen molar-refractivity contribution in [3.63, 3.8) is 0 Å². The Morgan fingerprint density at radius 2 is 2.00 bits per heavy atom. The third-order valence-corrected chi connectivity index (χ3v) is 6.96. The van der Waals surface area contributed by atoms with Gasteiger partial charge in [0, 0.05) is 24.0 Å². The van der Waals surface area contributed by atoms with Crippen molar-refractivity contribution in [3.8, 4) is 0 Å². The van der Waals surface area contributed by atoms with Gasteiger partial charge in [0.1, 0.15) is 4.21 Å². The lowest BCUT2D eigenvalue weighted by molar-refractivity contribution is 0.272. The molecule has 0 saturated carbocycles. The van der Waals surface area contributed by atoms with Gasteiger partial charge in [0.25, 0.3) is 10.0 Å². The van der Waals surface area contributed by atoms with E-state index in [0.717, 1.165) is 17.8 Å². The summed E-state index contributed by atoms with van der Waals surface area (Å²) in [6, 6.07) is 3.60. The van der Waals surface area contributed by atoms with E-state index in [1.165, 1.54) is 11.3 Å². The van der Waals surface area contributed by atoms with E-state index >= 15 is 0 Å². The quantitative estimate of drug-likeness (QED) is 0.743. The average Bonchev–Trinajstić information content (AvgIpc) is 2.85. The molecular formula is C14H27N3O2S2. The van der Waals surface area contributed by atoms with Crippen LogP contribution in [0.25, 0.3) is 0 Å². The van der Waals surface area contributed by atoms with Gasteiger partial charge in [-0.3, -0.25) is 0 Å². The van der Waals surface area contributed by atoms with Gasteiger partial charge in [-0.1, -0.05) is 6.92 Å². The van der Waals surface area contributed by atoms with E-state index in [0.29, 0.717) is 17.3 Å². The zero-order chi connectivity index (χ0) is 16.0. The first kappa shape index (κ1) is 18.6. The van der Waals surface area contributed by atoms with Crippen LogP contribution in [0.2, 0.25) is 0 Å². The summed E-state index contributed by atoms with van der Waals surface area (Å²) in [6.07, 6.45) is 0.857. The fourth-order valence-corrected chi connectivity index (χ4v) is 5.45. The van der Waals surface area contributed by atoms with Crippen molar-refractivity contribution in [1.82, 2.24) is 14.5 Å². The highest BCUT2D eigenvalue weighted by Crippen LogP contribution is 2.26. The van der Waals surface area contributed by atoms with Crippen molar-refractivity contribution in [2.45, 2.75) is 30.5 Å². The Morgan fingerprint density at radius 1 is 1.33 bits per heavy atom. The summed E-state index contributed by atoms with van der Waals surface area (Å²) in [5.74, 6) is 0. The van der Waals surface area contributed by atoms with E-state index in [1.807, 2.05) is 46.0 Å². The molecule has 122 valence electrons. The summed E-state index contributed by atoms with van der Waals surface area (Å²) in [6.45, 7) is 5.90. The fraction of sp³-hybridized carbons (Fsp3) is 0.714. The van der Waals surface area contributed by atoms with E-state index in [4.69, 9.17) is 0 Å². The number of nitrogens with zero attached hydrogens (tertiary/aromatic N) is 2. The smallest absolute Gasteiger partial charge is 0.252 e. The topological polar surface area (TPSA) is 52.7 Å². The second-order valence-electron chi connectivity index (χ2n) is 5.39. The zero-order valence-electron chi connectivity index (χ0n) is 13.6. The minimum Gasteiger partial charge on any atom is -0.319 e. The molecule has 21 heavy (non-hydrogen) atoms. The number of hydrogen-bond donors (Lipinski definition) is 1. The van der Waals surface area contributed by atoms with E-state index in [1.54, 1.807) is 10.4 Å². The van der Waals surface area contributed by atoms with Crippen molar-refractivity contribution in [1.29, 1.82) is 0 Å². The molecule has 0 spiro atoms. The van der Waals surface area contributed by atoms with E-state index in [2.05, 4.69) is 5.32 Å². The summed E-state index contributed by atoms with van der Waals surface area (Å²) in [5, 5.41) is 3.08. The molecule has 0 aliphatic carbocycles. The highest BCUT2D eigenvalue weighted by molar-refractivity contribution is 7.91. The maximum absolute atomic E-state index is 12.8. The Balaban J connectivity index is 2.93. The SMILES string of the molecule is CCN(C(C)CN(C)C)S(=O)(=O)c1ccc(CCNC)s1. The van der Waals surface area contributed by atoms with Crippen LogP contribution in [0.3, 0.4) is 0 Å². The molecule has 1 unspecified atom stereocenters. The Labute approximate surface area is 133 Å². The summed E-state index contributed by atoms with van der Waals surface area (Å²) in [7, 11) is 2.41. The maximum atomic E-state index is 12.8. The van der Waals surface area contributed by atoms with Gasteiger partial charge in [-0.2, -0.15) is 4.31 Å². The summed E-state index contributed by atoms with van der Waals surface area (Å²) >= 11 is 1.38. The molecule has 1 heterocycles. The molecule has 0 saturated heterocycles. The highest BCUT2D eigenvalue weighted by atomic mass is 32.2. The van der Waals surface area contributed by atoms with Crippen molar-refractivity contribution >= 4 is 21.4 Å². The molecule has 1 aromatic rings. The second kappa shape index (κ2) is 8.24. The number of sulfonamides is 1. The number of rotatable bonds is 9. The number of likely N-dealkylation sites (N-methyl/N-ethyl adjacent to an activating group) is 3. The van der Waals surface area contributed by atoms with Crippen LogP contribution < -0.4 is 5.32 Å². The van der Waals surface area contributed by atoms with Gasteiger partial charge >= 0.3 is 0 Å². The third-order valence-electron chi connectivity index (χ3n) is 3.25. The van der Waals surface area contributed by atoms with Crippen molar-refractivity contribution in [2.75, 3.05) is 40.8 Å². The lowest BCUT2D eigenvalue weighted by atomic mass is 10.3. The van der Waals surface area contributed by atoms with Gasteiger partial charge in [-0.25, -0.2) is 8.42 Å². The molecule has 0 aromatic carbocycles. The van der Waals surface area contributed by atoms with E-state index in [9.17, 15) is 8.42 Å². The van der Waals surface area contributed by atoms with Gasteiger partial charge in [0.05, 0.1) is 0 Å². The maximum Gasteiger partial charge on any atom is 0.252 e. The standard InChI is InChI=1S/C14H27N3O2S2/c1-6-17(12(2)11-16(4)5)21(18,19)14-8-7-13(20-14)9-10-15-3/h7-8,12,15H,6,9-11H2,1-5H3. The summed E-state index contributed by atoms with van der Waals surface area (Å²) in [5.41, 5.74) is 0. The molecule has 0 fully saturated rings. The molecule has 5 nitrogen and oxygen atoms in total. The molecule has 0 aliphatic rings. The van der Waals surface area contributed by atoms with Crippen molar-refractivity contribution < 1.29 is 8.42 Å². The van der Waals surface area contributed by atoms with Crippen LogP contribution in [-0.4, -0.2) is 64.4 Å². The van der Waals surface area contributed by atoms with Gasteiger partial charge in [0.15, 0.2) is 0 Å². The third kappa shape index (κ3) is 5.03. The first-order valence-corrected chi connectivity index (χ1v) is 9.48. The van der Waals surface area contributed by atoms with E-state index in [-0.39, 0.29) is 6.04 Å². The minimum absolute atomic E-state index is 0.0436. The van der Waals surface area contributed by atoms with Crippen LogP contribution in [0, 0.1) is 0 Å². The average molecular weight is 334 g/mol. The predicted molar refractivity (Wildman–Crippen MR) is 89.5 cm³/mol. The van der Waals surface area contributed by atoms with Crippen molar-refractivity contribution in [3.05, 3.63) is 17.0 Å². The van der Waals surface area contributed by atoms with Crippen LogP contribution >= 0.6 is 11.3 Å². The first-order valence-electron chi connectivity index (χ1n) is 7.22. The van der Waals surface area contributed by atoms with E-state index < -0.39 is 10.0 Å². The Hall–Kier alpha value is -0.470. The first-order chi connectivity index (χ1) is 9.82. The Kier molecular flexibility index (Phi) is 7.29. The molecular weight excluding hydrogens is 306 g/mol. The fourth-order valence-electron chi connectivity index (χ4n) is 2.33. The summed E-state index contributed by atoms with van der Waals surface area (Å²) < 4.78 is 27.6. The molecule has 7 heteroatoms. The lowest BCUT2D eigenvalue weighted by Crippen LogP contribution is -2.43. The number of nitrogens with one attached hydrogen (secondary N) is 1. The highest BCUT2D eigenvalue weighted by Gasteiger charge is 2.29. The van der Waals surface area contributed by atoms with Crippen LogP contribution in [0.4, 0.5) is 0 Å². The molecule has 0 radical (unpaired) electrons. The van der Waals surface area contributed by atoms with Crippen LogP contribution in [-0.2, 0) is 16.4 Å². The van der Waals surface area contributed by atoms with Gasteiger partial charge in [-0.15, -0.1) is 11.3 Å². The Morgan fingerprint density at radius 3 is 2.52 bits per heavy atom. The largest absolute Gasteiger partial charge is 0.319 e. The second-order valence-corrected chi connectivity index (χ2v) is 8.68. The normalized spacial score (nSPS) is 14.0. The van der Waals surface area contributed by atoms with Crippen LogP contribution in [0.5, 0.6) is 0 Å². The Bertz CT molecular complexity index is 526. The molecule has 1 N–H and O–H groups in total. The predicted octanol–water partition coefficient (Wildman–Crippen LogP) is 1.47. The van der Waals surface area contributed by atoms with Gasteiger partial charge in [-0.05, 0) is 53.2 Å². The van der Waals surface area contributed by atoms with Crippen molar-refractivity contribution in [2.24, 2.45) is 0 Å². The lowest BCUT2D eigenvalue weighted by Gasteiger charge is -2.28.